The van der Waals surface area contributed by atoms with E-state index < -0.39 is 11.8 Å². The molecule has 3 N–H and O–H groups in total. The second-order valence-corrected chi connectivity index (χ2v) is 6.67. The highest BCUT2D eigenvalue weighted by atomic mass is 127. The molecule has 0 aromatic heterocycles. The lowest BCUT2D eigenvalue weighted by Crippen LogP contribution is -2.38. The highest BCUT2D eigenvalue weighted by Crippen LogP contribution is 2.32. The quantitative estimate of drug-likeness (QED) is 0.165. The Balaban J connectivity index is 2.47. The van der Waals surface area contributed by atoms with Crippen LogP contribution in [-0.4, -0.2) is 49.0 Å². The molecule has 0 spiro atoms. The van der Waals surface area contributed by atoms with Crippen molar-refractivity contribution >= 4 is 40.6 Å². The number of carbonyl (C=O) groups excluding carboxylic acids is 2. The van der Waals surface area contributed by atoms with E-state index in [1.54, 1.807) is 19.1 Å². The maximum absolute atomic E-state index is 11.7. The van der Waals surface area contributed by atoms with E-state index in [4.69, 9.17) is 9.47 Å². The predicted octanol–water partition coefficient (Wildman–Crippen LogP) is 1.78. The Bertz CT molecular complexity index is 650. The first-order chi connectivity index (χ1) is 12.3. The molecule has 9 heteroatoms. The Morgan fingerprint density at radius 1 is 1.35 bits per heavy atom. The number of nitrogens with zero attached hydrogens (tertiary/aromatic N) is 1. The average Bonchev–Trinajstić information content (AvgIpc) is 2.58. The monoisotopic (exact) mass is 477 g/mol. The van der Waals surface area contributed by atoms with Crippen LogP contribution in [0.3, 0.4) is 0 Å². The van der Waals surface area contributed by atoms with Crippen molar-refractivity contribution < 1.29 is 24.2 Å². The number of amides is 2. The van der Waals surface area contributed by atoms with Gasteiger partial charge in [0.1, 0.15) is 0 Å². The summed E-state index contributed by atoms with van der Waals surface area (Å²) in [5.74, 6) is -1.24. The van der Waals surface area contributed by atoms with Crippen LogP contribution in [0.1, 0.15) is 32.8 Å². The summed E-state index contributed by atoms with van der Waals surface area (Å²) in [6.07, 6.45) is 2.12. The van der Waals surface area contributed by atoms with Crippen molar-refractivity contribution in [1.29, 1.82) is 0 Å². The molecule has 0 bridgehead atoms. The van der Waals surface area contributed by atoms with Gasteiger partial charge in [0.05, 0.1) is 22.5 Å². The van der Waals surface area contributed by atoms with Gasteiger partial charge in [-0.3, -0.25) is 9.59 Å². The molecule has 144 valence electrons. The number of hydrazone groups is 1. The largest absolute Gasteiger partial charge is 0.504 e. The smallest absolute Gasteiger partial charge is 0.329 e. The molecule has 8 nitrogen and oxygen atoms in total. The molecule has 0 atom stereocenters. The van der Waals surface area contributed by atoms with Crippen LogP contribution in [0.25, 0.3) is 0 Å². The summed E-state index contributed by atoms with van der Waals surface area (Å²) in [6, 6.07) is 3.26. The number of hydrogen-bond donors (Lipinski definition) is 3. The van der Waals surface area contributed by atoms with Gasteiger partial charge in [-0.15, -0.1) is 0 Å². The van der Waals surface area contributed by atoms with Gasteiger partial charge in [0.25, 0.3) is 0 Å². The fourth-order valence-corrected chi connectivity index (χ4v) is 2.45. The topological polar surface area (TPSA) is 109 Å². The minimum absolute atomic E-state index is 0.0504. The minimum Gasteiger partial charge on any atom is -0.504 e. The Hall–Kier alpha value is -1.88. The third-order valence-corrected chi connectivity index (χ3v) is 3.82. The van der Waals surface area contributed by atoms with Gasteiger partial charge in [0.2, 0.25) is 0 Å². The van der Waals surface area contributed by atoms with Gasteiger partial charge >= 0.3 is 11.8 Å². The van der Waals surface area contributed by atoms with Crippen LogP contribution in [0.5, 0.6) is 11.5 Å². The Labute approximate surface area is 166 Å². The maximum Gasteiger partial charge on any atom is 0.329 e. The summed E-state index contributed by atoms with van der Waals surface area (Å²) in [7, 11) is 0. The molecule has 1 aromatic carbocycles. The number of hydrogen-bond acceptors (Lipinski definition) is 6. The van der Waals surface area contributed by atoms with Gasteiger partial charge in [0, 0.05) is 13.2 Å². The van der Waals surface area contributed by atoms with Crippen LogP contribution in [0.2, 0.25) is 0 Å². The van der Waals surface area contributed by atoms with E-state index in [-0.39, 0.29) is 11.9 Å². The number of carbonyl (C=O) groups is 2. The number of aromatic hydroxyl groups is 1. The van der Waals surface area contributed by atoms with Crippen molar-refractivity contribution in [2.45, 2.75) is 33.3 Å². The summed E-state index contributed by atoms with van der Waals surface area (Å²) < 4.78 is 11.2. The van der Waals surface area contributed by atoms with Gasteiger partial charge in [-0.2, -0.15) is 5.10 Å². The second kappa shape index (κ2) is 11.7. The molecule has 0 radical (unpaired) electrons. The average molecular weight is 477 g/mol. The summed E-state index contributed by atoms with van der Waals surface area (Å²) in [5, 5.41) is 16.1. The standard InChI is InChI=1S/C17H24IN3O5/c1-4-25-14-9-12(8-13(18)15(14)22)10-20-21-17(24)16(23)19-6-5-7-26-11(2)3/h8-11,22H,4-7H2,1-3H3,(H,19,23)(H,21,24)/b20-10-. The Kier molecular flexibility index (Phi) is 9.96. The molecule has 0 saturated heterocycles. The summed E-state index contributed by atoms with van der Waals surface area (Å²) in [5.41, 5.74) is 2.77. The summed E-state index contributed by atoms with van der Waals surface area (Å²) >= 11 is 1.96. The normalized spacial score (nSPS) is 11.0. The number of ether oxygens (including phenoxy) is 2. The first kappa shape index (κ1) is 22.2. The van der Waals surface area contributed by atoms with Crippen LogP contribution in [-0.2, 0) is 14.3 Å². The third kappa shape index (κ3) is 8.00. The molecular formula is C17H24IN3O5. The molecular weight excluding hydrogens is 453 g/mol. The van der Waals surface area contributed by atoms with Crippen LogP contribution in [0.4, 0.5) is 0 Å². The maximum atomic E-state index is 11.7. The van der Waals surface area contributed by atoms with E-state index in [9.17, 15) is 14.7 Å². The molecule has 0 heterocycles. The molecule has 0 aliphatic rings. The SMILES string of the molecule is CCOc1cc(/C=N\NC(=O)C(=O)NCCCOC(C)C)cc(I)c1O. The van der Waals surface area contributed by atoms with E-state index in [1.807, 2.05) is 36.4 Å². The van der Waals surface area contributed by atoms with E-state index in [0.717, 1.165) is 0 Å². The number of nitrogens with one attached hydrogen (secondary N) is 2. The van der Waals surface area contributed by atoms with Crippen molar-refractivity contribution in [2.75, 3.05) is 19.8 Å². The van der Waals surface area contributed by atoms with Crippen molar-refractivity contribution in [3.63, 3.8) is 0 Å². The van der Waals surface area contributed by atoms with Crippen LogP contribution < -0.4 is 15.5 Å². The Morgan fingerprint density at radius 3 is 2.73 bits per heavy atom. The molecule has 2 amide bonds. The van der Waals surface area contributed by atoms with E-state index in [1.165, 1.54) is 6.21 Å². The zero-order chi connectivity index (χ0) is 19.5. The lowest BCUT2D eigenvalue weighted by Gasteiger charge is -2.08. The van der Waals surface area contributed by atoms with Gasteiger partial charge in [-0.1, -0.05) is 0 Å². The van der Waals surface area contributed by atoms with Crippen LogP contribution >= 0.6 is 22.6 Å². The molecule has 0 aliphatic heterocycles. The lowest BCUT2D eigenvalue weighted by molar-refractivity contribution is -0.139. The molecule has 0 aliphatic carbocycles. The van der Waals surface area contributed by atoms with Crippen LogP contribution in [0, 0.1) is 3.57 Å². The molecule has 1 rings (SSSR count). The van der Waals surface area contributed by atoms with Gasteiger partial charge in [-0.25, -0.2) is 5.43 Å². The lowest BCUT2D eigenvalue weighted by atomic mass is 10.2. The molecule has 1 aromatic rings. The molecule has 0 fully saturated rings. The molecule has 0 unspecified atom stereocenters. The zero-order valence-electron chi connectivity index (χ0n) is 15.0. The second-order valence-electron chi connectivity index (χ2n) is 5.51. The number of phenolic OH excluding ortho intramolecular Hbond substituents is 1. The third-order valence-electron chi connectivity index (χ3n) is 2.99. The first-order valence-corrected chi connectivity index (χ1v) is 9.31. The number of phenols is 1. The predicted molar refractivity (Wildman–Crippen MR) is 106 cm³/mol. The number of halogens is 1. The van der Waals surface area contributed by atoms with Crippen molar-refractivity contribution in [3.8, 4) is 11.5 Å². The molecule has 26 heavy (non-hydrogen) atoms. The number of benzene rings is 1. The zero-order valence-corrected chi connectivity index (χ0v) is 17.2. The Morgan fingerprint density at radius 2 is 2.08 bits per heavy atom. The summed E-state index contributed by atoms with van der Waals surface area (Å²) in [4.78, 5) is 23.3. The fourth-order valence-electron chi connectivity index (χ4n) is 1.82. The van der Waals surface area contributed by atoms with Crippen molar-refractivity contribution in [1.82, 2.24) is 10.7 Å². The van der Waals surface area contributed by atoms with Crippen molar-refractivity contribution in [3.05, 3.63) is 21.3 Å². The summed E-state index contributed by atoms with van der Waals surface area (Å²) in [6.45, 7) is 6.92. The van der Waals surface area contributed by atoms with Crippen LogP contribution in [0.15, 0.2) is 17.2 Å². The van der Waals surface area contributed by atoms with E-state index >= 15 is 0 Å². The highest BCUT2D eigenvalue weighted by Gasteiger charge is 2.12. The van der Waals surface area contributed by atoms with Crippen molar-refractivity contribution in [2.24, 2.45) is 5.10 Å². The van der Waals surface area contributed by atoms with E-state index in [2.05, 4.69) is 15.8 Å². The van der Waals surface area contributed by atoms with Gasteiger partial charge < -0.3 is 19.9 Å². The van der Waals surface area contributed by atoms with Gasteiger partial charge in [-0.05, 0) is 67.5 Å². The van der Waals surface area contributed by atoms with E-state index in [0.29, 0.717) is 41.1 Å². The fraction of sp³-hybridized carbons (Fsp3) is 0.471. The minimum atomic E-state index is -0.857. The van der Waals surface area contributed by atoms with Gasteiger partial charge in [0.15, 0.2) is 11.5 Å². The highest BCUT2D eigenvalue weighted by molar-refractivity contribution is 14.1. The first-order valence-electron chi connectivity index (χ1n) is 8.23. The molecule has 0 saturated carbocycles. The number of rotatable bonds is 9.